The first-order valence-corrected chi connectivity index (χ1v) is 13.5. The third-order valence-corrected chi connectivity index (χ3v) is 8.21. The summed E-state index contributed by atoms with van der Waals surface area (Å²) < 4.78 is 23.6. The van der Waals surface area contributed by atoms with Crippen LogP contribution in [-0.4, -0.2) is 36.7 Å². The Hall–Kier alpha value is -1.42. The Morgan fingerprint density at radius 3 is 2.55 bits per heavy atom. The molecule has 1 fully saturated rings. The fourth-order valence-electron chi connectivity index (χ4n) is 4.88. The molecule has 3 rings (SSSR count). The number of hydrogen-bond acceptors (Lipinski definition) is 5. The highest BCUT2D eigenvalue weighted by atomic mass is 32.2. The molecule has 3 unspecified atom stereocenters. The summed E-state index contributed by atoms with van der Waals surface area (Å²) in [5.41, 5.74) is -1.15. The minimum atomic E-state index is -1.15. The van der Waals surface area contributed by atoms with Crippen molar-refractivity contribution in [3.63, 3.8) is 0 Å². The SMILES string of the molecule is CCOC(=O)C(C[PH+]=O)(OCC)C(CSc1cccc2ccccc12)C1CCCCC1. The van der Waals surface area contributed by atoms with Crippen LogP contribution in [0.25, 0.3) is 10.8 Å². The monoisotopic (exact) mass is 461 g/mol. The molecule has 2 aromatic carbocycles. The molecule has 0 bridgehead atoms. The van der Waals surface area contributed by atoms with Gasteiger partial charge in [-0.2, -0.15) is 0 Å². The third kappa shape index (κ3) is 5.69. The van der Waals surface area contributed by atoms with E-state index in [1.165, 1.54) is 34.9 Å². The van der Waals surface area contributed by atoms with E-state index in [1.54, 1.807) is 11.8 Å². The molecule has 3 atom stereocenters. The molecule has 4 nitrogen and oxygen atoms in total. The van der Waals surface area contributed by atoms with Gasteiger partial charge < -0.3 is 9.47 Å². The van der Waals surface area contributed by atoms with Crippen molar-refractivity contribution in [1.29, 1.82) is 0 Å². The van der Waals surface area contributed by atoms with Crippen LogP contribution in [0.1, 0.15) is 46.0 Å². The average molecular weight is 462 g/mol. The van der Waals surface area contributed by atoms with Gasteiger partial charge in [-0.25, -0.2) is 4.79 Å². The van der Waals surface area contributed by atoms with Crippen LogP contribution in [0.15, 0.2) is 47.4 Å². The van der Waals surface area contributed by atoms with Crippen LogP contribution in [-0.2, 0) is 18.8 Å². The lowest BCUT2D eigenvalue weighted by Crippen LogP contribution is -2.55. The lowest BCUT2D eigenvalue weighted by Gasteiger charge is -2.40. The van der Waals surface area contributed by atoms with Gasteiger partial charge in [0.05, 0.1) is 6.61 Å². The molecule has 1 aliphatic carbocycles. The zero-order valence-electron chi connectivity index (χ0n) is 18.6. The number of hydrogen-bond donors (Lipinski definition) is 0. The highest BCUT2D eigenvalue weighted by Gasteiger charge is 2.53. The first-order chi connectivity index (χ1) is 15.2. The molecular formula is C25H34O4PS+. The molecule has 0 heterocycles. The van der Waals surface area contributed by atoms with E-state index in [0.29, 0.717) is 19.1 Å². The molecule has 0 saturated heterocycles. The Balaban J connectivity index is 1.96. The first kappa shape index (κ1) is 24.2. The Bertz CT molecular complexity index is 862. The van der Waals surface area contributed by atoms with E-state index in [-0.39, 0.29) is 18.0 Å². The van der Waals surface area contributed by atoms with Crippen molar-refractivity contribution >= 4 is 37.0 Å². The predicted octanol–water partition coefficient (Wildman–Crippen LogP) is 6.49. The van der Waals surface area contributed by atoms with Crippen molar-refractivity contribution in [2.75, 3.05) is 25.1 Å². The Morgan fingerprint density at radius 2 is 1.84 bits per heavy atom. The van der Waals surface area contributed by atoms with Crippen LogP contribution >= 0.6 is 20.2 Å². The number of esters is 1. The summed E-state index contributed by atoms with van der Waals surface area (Å²) in [6.45, 7) is 4.40. The van der Waals surface area contributed by atoms with Crippen molar-refractivity contribution in [2.24, 2.45) is 11.8 Å². The Kier molecular flexibility index (Phi) is 9.37. The molecule has 1 saturated carbocycles. The zero-order chi connectivity index (χ0) is 22.1. The van der Waals surface area contributed by atoms with Crippen molar-refractivity contribution in [3.05, 3.63) is 42.5 Å². The number of ether oxygens (including phenoxy) is 2. The standard InChI is InChI=1S/C25H33O4PS/c1-3-28-24(26)25(18-30-27,29-4-2)22(20-12-6-5-7-13-20)17-31-23-16-10-14-19-11-8-9-15-21(19)23/h8-11,14-16,20,22H,3-7,12-13,17-18H2,1-2H3/p+1. The maximum Gasteiger partial charge on any atom is 0.343 e. The van der Waals surface area contributed by atoms with Gasteiger partial charge in [0.25, 0.3) is 0 Å². The number of fused-ring (bicyclic) bond motifs is 1. The quantitative estimate of drug-likeness (QED) is 0.217. The van der Waals surface area contributed by atoms with Crippen LogP contribution in [0.5, 0.6) is 0 Å². The van der Waals surface area contributed by atoms with Crippen molar-refractivity contribution < 1.29 is 18.8 Å². The summed E-state index contributed by atoms with van der Waals surface area (Å²) >= 11 is 1.78. The van der Waals surface area contributed by atoms with Crippen molar-refractivity contribution in [2.45, 2.75) is 56.4 Å². The number of benzene rings is 2. The predicted molar refractivity (Wildman–Crippen MR) is 130 cm³/mol. The van der Waals surface area contributed by atoms with Crippen LogP contribution in [0.3, 0.4) is 0 Å². The second-order valence-corrected chi connectivity index (χ2v) is 9.86. The van der Waals surface area contributed by atoms with Crippen LogP contribution < -0.4 is 0 Å². The van der Waals surface area contributed by atoms with Crippen molar-refractivity contribution in [3.8, 4) is 0 Å². The van der Waals surface area contributed by atoms with Crippen LogP contribution in [0.2, 0.25) is 0 Å². The highest BCUT2D eigenvalue weighted by molar-refractivity contribution is 7.99. The molecule has 0 spiro atoms. The molecule has 0 amide bonds. The van der Waals surface area contributed by atoms with E-state index < -0.39 is 14.1 Å². The lowest BCUT2D eigenvalue weighted by atomic mass is 9.73. The number of rotatable bonds is 11. The number of carbonyl (C=O) groups is 1. The Morgan fingerprint density at radius 1 is 1.10 bits per heavy atom. The maximum absolute atomic E-state index is 13.3. The molecular weight excluding hydrogens is 427 g/mol. The topological polar surface area (TPSA) is 52.6 Å². The van der Waals surface area contributed by atoms with E-state index in [9.17, 15) is 9.36 Å². The smallest absolute Gasteiger partial charge is 0.343 e. The molecule has 168 valence electrons. The van der Waals surface area contributed by atoms with Crippen LogP contribution in [0, 0.1) is 11.8 Å². The highest BCUT2D eigenvalue weighted by Crippen LogP contribution is 2.43. The minimum absolute atomic E-state index is 0.0442. The normalized spacial score (nSPS) is 18.0. The summed E-state index contributed by atoms with van der Waals surface area (Å²) in [6.07, 6.45) is 5.93. The van der Waals surface area contributed by atoms with Gasteiger partial charge in [0.2, 0.25) is 5.60 Å². The summed E-state index contributed by atoms with van der Waals surface area (Å²) in [6, 6.07) is 14.7. The minimum Gasteiger partial charge on any atom is -0.464 e. The van der Waals surface area contributed by atoms with Gasteiger partial charge >= 0.3 is 14.4 Å². The molecule has 6 heteroatoms. The molecule has 0 aliphatic heterocycles. The Labute approximate surface area is 191 Å². The second-order valence-electron chi connectivity index (χ2n) is 8.16. The van der Waals surface area contributed by atoms with Gasteiger partial charge in [-0.3, -0.25) is 0 Å². The van der Waals surface area contributed by atoms with Gasteiger partial charge in [-0.1, -0.05) is 73.1 Å². The molecule has 0 aromatic heterocycles. The first-order valence-electron chi connectivity index (χ1n) is 11.4. The molecule has 0 N–H and O–H groups in total. The number of carbonyl (C=O) groups excluding carboxylic acids is 1. The summed E-state index contributed by atoms with van der Waals surface area (Å²) in [5, 5.41) is 2.44. The lowest BCUT2D eigenvalue weighted by molar-refractivity contribution is -0.178. The van der Waals surface area contributed by atoms with E-state index in [4.69, 9.17) is 9.47 Å². The van der Waals surface area contributed by atoms with Gasteiger partial charge in [-0.05, 0) is 36.6 Å². The van der Waals surface area contributed by atoms with E-state index in [1.807, 2.05) is 13.8 Å². The molecule has 1 aliphatic rings. The largest absolute Gasteiger partial charge is 0.464 e. The maximum atomic E-state index is 13.3. The fraction of sp³-hybridized carbons (Fsp3) is 0.560. The molecule has 31 heavy (non-hydrogen) atoms. The fourth-order valence-corrected chi connectivity index (χ4v) is 7.02. The van der Waals surface area contributed by atoms with E-state index >= 15 is 0 Å². The van der Waals surface area contributed by atoms with Crippen molar-refractivity contribution in [1.82, 2.24) is 0 Å². The van der Waals surface area contributed by atoms with Gasteiger partial charge in [0.15, 0.2) is 6.16 Å². The number of thioether (sulfide) groups is 1. The van der Waals surface area contributed by atoms with E-state index in [2.05, 4.69) is 42.5 Å². The van der Waals surface area contributed by atoms with E-state index in [0.717, 1.165) is 18.6 Å². The summed E-state index contributed by atoms with van der Waals surface area (Å²) in [5.74, 6) is 0.706. The summed E-state index contributed by atoms with van der Waals surface area (Å²) in [4.78, 5) is 14.5. The van der Waals surface area contributed by atoms with Gasteiger partial charge in [-0.15, -0.1) is 11.8 Å². The zero-order valence-corrected chi connectivity index (χ0v) is 20.4. The summed E-state index contributed by atoms with van der Waals surface area (Å²) in [7, 11) is -0.606. The van der Waals surface area contributed by atoms with Crippen LogP contribution in [0.4, 0.5) is 0 Å². The molecule has 2 aromatic rings. The molecule has 0 radical (unpaired) electrons. The second kappa shape index (κ2) is 12.0. The third-order valence-electron chi connectivity index (χ3n) is 6.34. The average Bonchev–Trinajstić information content (AvgIpc) is 2.80. The van der Waals surface area contributed by atoms with Gasteiger partial charge in [0.1, 0.15) is 0 Å². The van der Waals surface area contributed by atoms with Gasteiger partial charge in [0, 0.05) is 23.2 Å².